The number of nitrogens with two attached hydrogens (primary N) is 3. The van der Waals surface area contributed by atoms with Gasteiger partial charge in [-0.1, -0.05) is 0 Å². The van der Waals surface area contributed by atoms with E-state index in [0.717, 1.165) is 0 Å². The highest BCUT2D eigenvalue weighted by Gasteiger charge is 2.45. The summed E-state index contributed by atoms with van der Waals surface area (Å²) in [6, 6.07) is -0.677. The molecule has 5 atom stereocenters. The molecule has 3 heterocycles. The molecule has 2 aromatic heterocycles. The second-order valence-corrected chi connectivity index (χ2v) is 8.17. The van der Waals surface area contributed by atoms with Crippen LogP contribution in [0.5, 0.6) is 0 Å². The number of carbonyl (C=O) groups is 1. The molecular weight excluding hydrogens is 460 g/mol. The molecule has 10 N–H and O–H groups in total. The number of anilines is 1. The average Bonchev–Trinajstić information content (AvgIpc) is 3.38. The first-order valence-corrected chi connectivity index (χ1v) is 10.9. The van der Waals surface area contributed by atoms with Crippen molar-refractivity contribution < 1.29 is 24.5 Å². The van der Waals surface area contributed by atoms with E-state index >= 15 is 0 Å². The molecule has 15 heteroatoms. The first-order chi connectivity index (χ1) is 16.8. The SMILES string of the molecule is COCN/C=C(/CN(CCC(N)C=O)C[C@H]1O[C@@H](n2cnc3c(N)ncnc32)[C@@H](O)C1O)C(=N)N. The molecule has 192 valence electrons. The van der Waals surface area contributed by atoms with Gasteiger partial charge in [0.05, 0.1) is 12.4 Å². The van der Waals surface area contributed by atoms with Crippen molar-refractivity contribution in [1.82, 2.24) is 29.7 Å². The topological polar surface area (TPSA) is 237 Å². The van der Waals surface area contributed by atoms with E-state index in [1.807, 2.05) is 4.90 Å². The summed E-state index contributed by atoms with van der Waals surface area (Å²) in [6.07, 6.45) is 0.918. The van der Waals surface area contributed by atoms with Gasteiger partial charge in [0.15, 0.2) is 17.7 Å². The minimum Gasteiger partial charge on any atom is -0.387 e. The molecule has 0 radical (unpaired) electrons. The third-order valence-corrected chi connectivity index (χ3v) is 5.63. The second kappa shape index (κ2) is 12.0. The fourth-order valence-electron chi connectivity index (χ4n) is 3.75. The van der Waals surface area contributed by atoms with E-state index in [1.54, 1.807) is 6.20 Å². The number of hydrogen-bond donors (Lipinski definition) is 7. The summed E-state index contributed by atoms with van der Waals surface area (Å²) < 4.78 is 12.5. The number of aromatic nitrogens is 4. The van der Waals surface area contributed by atoms with Crippen molar-refractivity contribution in [2.75, 3.05) is 39.2 Å². The summed E-state index contributed by atoms with van der Waals surface area (Å²) in [5, 5.41) is 32.3. The van der Waals surface area contributed by atoms with Gasteiger partial charge >= 0.3 is 0 Å². The first kappa shape index (κ1) is 26.4. The van der Waals surface area contributed by atoms with Gasteiger partial charge in [-0.05, 0) is 6.42 Å². The molecule has 1 fully saturated rings. The van der Waals surface area contributed by atoms with E-state index in [4.69, 9.17) is 32.1 Å². The highest BCUT2D eigenvalue weighted by molar-refractivity contribution is 5.94. The molecule has 0 aromatic carbocycles. The molecule has 0 bridgehead atoms. The van der Waals surface area contributed by atoms with E-state index < -0.39 is 30.6 Å². The zero-order valence-electron chi connectivity index (χ0n) is 19.3. The highest BCUT2D eigenvalue weighted by atomic mass is 16.6. The molecule has 0 aliphatic carbocycles. The Balaban J connectivity index is 1.78. The predicted octanol–water partition coefficient (Wildman–Crippen LogP) is -2.74. The van der Waals surface area contributed by atoms with E-state index in [2.05, 4.69) is 20.3 Å². The number of nitrogens with zero attached hydrogens (tertiary/aromatic N) is 5. The van der Waals surface area contributed by atoms with E-state index in [9.17, 15) is 15.0 Å². The van der Waals surface area contributed by atoms with E-state index in [0.29, 0.717) is 36.0 Å². The Kier molecular flexibility index (Phi) is 9.02. The number of nitrogen functional groups attached to an aromatic ring is 1. The number of hydrogen-bond acceptors (Lipinski definition) is 13. The standard InChI is InChI=1S/C20H32N10O5/c1-34-10-25-4-11(17(22)23)5-29(3-2-12(21)7-31)6-13-15(32)16(33)20(35-13)30-9-28-14-18(24)26-8-27-19(14)30/h4,7-9,12-13,15-16,20,25,32-33H,2-3,5-6,10,21H2,1H3,(H3,22,23)(H2,24,26,27)/b11-4-/t12?,13-,15?,16+,20-/m1/s1. The van der Waals surface area contributed by atoms with Crippen LogP contribution in [0.1, 0.15) is 12.6 Å². The maximum absolute atomic E-state index is 11.0. The third kappa shape index (κ3) is 6.27. The molecule has 1 aliphatic heterocycles. The maximum Gasteiger partial charge on any atom is 0.167 e. The number of ether oxygens (including phenoxy) is 2. The van der Waals surface area contributed by atoms with Crippen LogP contribution in [-0.4, -0.2) is 105 Å². The second-order valence-electron chi connectivity index (χ2n) is 8.17. The number of amidine groups is 1. The van der Waals surface area contributed by atoms with Gasteiger partial charge in [-0.3, -0.25) is 14.9 Å². The van der Waals surface area contributed by atoms with Gasteiger partial charge in [0.1, 0.15) is 49.0 Å². The number of aliphatic hydroxyl groups is 2. The molecule has 2 aromatic rings. The van der Waals surface area contributed by atoms with Crippen molar-refractivity contribution in [2.45, 2.75) is 37.0 Å². The molecule has 3 rings (SSSR count). The number of aliphatic hydroxyl groups excluding tert-OH is 2. The Labute approximate surface area is 201 Å². The molecule has 0 saturated carbocycles. The smallest absolute Gasteiger partial charge is 0.167 e. The van der Waals surface area contributed by atoms with Crippen molar-refractivity contribution >= 4 is 29.1 Å². The summed E-state index contributed by atoms with van der Waals surface area (Å²) in [5.41, 5.74) is 18.5. The summed E-state index contributed by atoms with van der Waals surface area (Å²) in [7, 11) is 1.52. The average molecular weight is 493 g/mol. The van der Waals surface area contributed by atoms with Crippen LogP contribution in [0.15, 0.2) is 24.4 Å². The van der Waals surface area contributed by atoms with Gasteiger partial charge in [-0.2, -0.15) is 0 Å². The Morgan fingerprint density at radius 3 is 2.86 bits per heavy atom. The number of aldehydes is 1. The highest BCUT2D eigenvalue weighted by Crippen LogP contribution is 2.32. The van der Waals surface area contributed by atoms with Gasteiger partial charge in [-0.25, -0.2) is 15.0 Å². The number of rotatable bonds is 13. The van der Waals surface area contributed by atoms with Crippen molar-refractivity contribution in [3.8, 4) is 0 Å². The first-order valence-electron chi connectivity index (χ1n) is 10.9. The van der Waals surface area contributed by atoms with Crippen LogP contribution in [0.2, 0.25) is 0 Å². The fraction of sp³-hybridized carbons (Fsp3) is 0.550. The molecule has 1 saturated heterocycles. The van der Waals surface area contributed by atoms with Crippen LogP contribution in [0.3, 0.4) is 0 Å². The molecule has 1 aliphatic rings. The summed E-state index contributed by atoms with van der Waals surface area (Å²) in [5.74, 6) is 0.0212. The monoisotopic (exact) mass is 492 g/mol. The number of methoxy groups -OCH3 is 1. The summed E-state index contributed by atoms with van der Waals surface area (Å²) in [4.78, 5) is 25.1. The maximum atomic E-state index is 11.0. The quantitative estimate of drug-likeness (QED) is 0.0494. The van der Waals surface area contributed by atoms with Crippen molar-refractivity contribution in [1.29, 1.82) is 5.41 Å². The number of carbonyl (C=O) groups excluding carboxylic acids is 1. The van der Waals surface area contributed by atoms with E-state index in [-0.39, 0.29) is 31.5 Å². The van der Waals surface area contributed by atoms with Crippen LogP contribution >= 0.6 is 0 Å². The van der Waals surface area contributed by atoms with Crippen molar-refractivity contribution in [3.05, 3.63) is 24.4 Å². The van der Waals surface area contributed by atoms with Crippen LogP contribution in [-0.2, 0) is 14.3 Å². The fourth-order valence-corrected chi connectivity index (χ4v) is 3.75. The molecule has 2 unspecified atom stereocenters. The lowest BCUT2D eigenvalue weighted by Crippen LogP contribution is -2.43. The molecule has 0 amide bonds. The Hall–Kier alpha value is -3.21. The lowest BCUT2D eigenvalue weighted by molar-refractivity contribution is -0.109. The Morgan fingerprint density at radius 1 is 1.40 bits per heavy atom. The number of imidazole rings is 1. The van der Waals surface area contributed by atoms with Gasteiger partial charge in [0.2, 0.25) is 0 Å². The molecule has 15 nitrogen and oxygen atoms in total. The number of fused-ring (bicyclic) bond motifs is 1. The van der Waals surface area contributed by atoms with E-state index in [1.165, 1.54) is 24.3 Å². The van der Waals surface area contributed by atoms with Crippen molar-refractivity contribution in [2.24, 2.45) is 11.5 Å². The number of nitrogens with one attached hydrogen (secondary N) is 2. The van der Waals surface area contributed by atoms with Crippen LogP contribution in [0.4, 0.5) is 5.82 Å². The minimum atomic E-state index is -1.28. The predicted molar refractivity (Wildman–Crippen MR) is 126 cm³/mol. The molecule has 0 spiro atoms. The minimum absolute atomic E-state index is 0.152. The van der Waals surface area contributed by atoms with Crippen molar-refractivity contribution in [3.63, 3.8) is 0 Å². The zero-order valence-corrected chi connectivity index (χ0v) is 19.3. The zero-order chi connectivity index (χ0) is 25.5. The van der Waals surface area contributed by atoms with Gasteiger partial charge in [0, 0.05) is 38.5 Å². The van der Waals surface area contributed by atoms with Gasteiger partial charge < -0.3 is 47.0 Å². The van der Waals surface area contributed by atoms with Crippen LogP contribution < -0.4 is 22.5 Å². The normalized spacial score (nSPS) is 23.6. The van der Waals surface area contributed by atoms with Crippen LogP contribution in [0, 0.1) is 5.41 Å². The lowest BCUT2D eigenvalue weighted by Gasteiger charge is -2.28. The van der Waals surface area contributed by atoms with Crippen LogP contribution in [0.25, 0.3) is 11.2 Å². The summed E-state index contributed by atoms with van der Waals surface area (Å²) in [6.45, 7) is 0.916. The lowest BCUT2D eigenvalue weighted by atomic mass is 10.1. The molecular formula is C20H32N10O5. The Morgan fingerprint density at radius 2 is 2.17 bits per heavy atom. The summed E-state index contributed by atoms with van der Waals surface area (Å²) >= 11 is 0. The Bertz CT molecular complexity index is 1050. The molecule has 35 heavy (non-hydrogen) atoms. The van der Waals surface area contributed by atoms with Gasteiger partial charge in [-0.15, -0.1) is 0 Å². The van der Waals surface area contributed by atoms with Gasteiger partial charge in [0.25, 0.3) is 0 Å². The third-order valence-electron chi connectivity index (χ3n) is 5.63. The largest absolute Gasteiger partial charge is 0.387 e.